The third-order valence-corrected chi connectivity index (χ3v) is 3.01. The topological polar surface area (TPSA) is 46.2 Å². The Labute approximate surface area is 109 Å². The largest absolute Gasteiger partial charge is 0.349 e. The number of aryl methyl sites for hydroxylation is 1. The summed E-state index contributed by atoms with van der Waals surface area (Å²) < 4.78 is 0. The first-order valence-electron chi connectivity index (χ1n) is 6.17. The molecule has 3 nitrogen and oxygen atoms in total. The van der Waals surface area contributed by atoms with Crippen LogP contribution in [0.5, 0.6) is 0 Å². The Morgan fingerprint density at radius 2 is 2.00 bits per heavy atom. The van der Waals surface area contributed by atoms with E-state index < -0.39 is 5.91 Å². The van der Waals surface area contributed by atoms with Crippen LogP contribution in [-0.2, 0) is 21.4 Å². The van der Waals surface area contributed by atoms with Crippen LogP contribution in [0.25, 0.3) is 0 Å². The van der Waals surface area contributed by atoms with Crippen molar-refractivity contribution in [3.8, 4) is 0 Å². The zero-order valence-electron chi connectivity index (χ0n) is 11.5. The van der Waals surface area contributed by atoms with Crippen molar-refractivity contribution in [3.05, 3.63) is 34.9 Å². The van der Waals surface area contributed by atoms with E-state index in [1.54, 1.807) is 0 Å². The van der Waals surface area contributed by atoms with Crippen molar-refractivity contribution in [1.82, 2.24) is 5.32 Å². The maximum absolute atomic E-state index is 10.8. The van der Waals surface area contributed by atoms with E-state index >= 15 is 0 Å². The van der Waals surface area contributed by atoms with Gasteiger partial charge in [-0.2, -0.15) is 0 Å². The molecule has 0 radical (unpaired) electrons. The molecule has 0 aliphatic carbocycles. The molecule has 98 valence electrons. The summed E-state index contributed by atoms with van der Waals surface area (Å²) >= 11 is 0. The number of amides is 1. The predicted octanol–water partition coefficient (Wildman–Crippen LogP) is 2.15. The number of hydrogen-bond donors (Lipinski definition) is 1. The number of hydrogen-bond acceptors (Lipinski definition) is 2. The molecule has 0 aliphatic rings. The number of carbonyl (C=O) groups is 2. The Morgan fingerprint density at radius 3 is 2.50 bits per heavy atom. The van der Waals surface area contributed by atoms with Crippen molar-refractivity contribution in [2.75, 3.05) is 6.54 Å². The van der Waals surface area contributed by atoms with Crippen LogP contribution in [0.15, 0.2) is 18.2 Å². The van der Waals surface area contributed by atoms with Crippen LogP contribution >= 0.6 is 0 Å². The fourth-order valence-electron chi connectivity index (χ4n) is 1.80. The zero-order chi connectivity index (χ0) is 13.8. The molecule has 1 aromatic carbocycles. The van der Waals surface area contributed by atoms with Crippen LogP contribution < -0.4 is 5.32 Å². The molecule has 0 unspecified atom stereocenters. The Hall–Kier alpha value is -1.64. The first kappa shape index (κ1) is 14.4. The van der Waals surface area contributed by atoms with Gasteiger partial charge in [-0.05, 0) is 35.4 Å². The second-order valence-corrected chi connectivity index (χ2v) is 5.55. The first-order chi connectivity index (χ1) is 8.34. The lowest BCUT2D eigenvalue weighted by Crippen LogP contribution is -2.26. The van der Waals surface area contributed by atoms with Crippen molar-refractivity contribution in [1.29, 1.82) is 0 Å². The molecular formula is C15H21NO2. The van der Waals surface area contributed by atoms with Gasteiger partial charge in [0.2, 0.25) is 6.29 Å². The molecule has 0 spiro atoms. The molecule has 0 atom stereocenters. The highest BCUT2D eigenvalue weighted by Gasteiger charge is 2.14. The molecule has 3 heteroatoms. The van der Waals surface area contributed by atoms with Crippen LogP contribution in [0.2, 0.25) is 0 Å². The summed E-state index contributed by atoms with van der Waals surface area (Å²) in [5, 5.41) is 2.55. The van der Waals surface area contributed by atoms with Gasteiger partial charge >= 0.3 is 0 Å². The van der Waals surface area contributed by atoms with Crippen LogP contribution in [0.1, 0.15) is 37.5 Å². The van der Waals surface area contributed by atoms with Gasteiger partial charge in [0.15, 0.2) is 0 Å². The molecule has 1 amide bonds. The summed E-state index contributed by atoms with van der Waals surface area (Å²) in [5.41, 5.74) is 3.88. The Morgan fingerprint density at radius 1 is 1.33 bits per heavy atom. The summed E-state index contributed by atoms with van der Waals surface area (Å²) in [7, 11) is 0. The highest BCUT2D eigenvalue weighted by atomic mass is 16.2. The molecule has 0 saturated heterocycles. The van der Waals surface area contributed by atoms with Gasteiger partial charge in [-0.15, -0.1) is 0 Å². The van der Waals surface area contributed by atoms with E-state index in [0.717, 1.165) is 6.42 Å². The summed E-state index contributed by atoms with van der Waals surface area (Å²) in [6, 6.07) is 6.42. The average Bonchev–Trinajstić information content (AvgIpc) is 2.29. The minimum atomic E-state index is -0.557. The predicted molar refractivity (Wildman–Crippen MR) is 72.7 cm³/mol. The highest BCUT2D eigenvalue weighted by molar-refractivity contribution is 6.23. The van der Waals surface area contributed by atoms with Gasteiger partial charge in [0.1, 0.15) is 0 Å². The van der Waals surface area contributed by atoms with Crippen molar-refractivity contribution in [2.45, 2.75) is 39.5 Å². The summed E-state index contributed by atoms with van der Waals surface area (Å²) in [5.74, 6) is -0.557. The number of carbonyl (C=O) groups excluding carboxylic acids is 2. The van der Waals surface area contributed by atoms with Gasteiger partial charge in [-0.1, -0.05) is 39.0 Å². The Balaban J connectivity index is 2.69. The van der Waals surface area contributed by atoms with Gasteiger partial charge < -0.3 is 5.32 Å². The molecular weight excluding hydrogens is 226 g/mol. The van der Waals surface area contributed by atoms with E-state index in [1.807, 2.05) is 0 Å². The summed E-state index contributed by atoms with van der Waals surface area (Å²) in [6.45, 7) is 9.13. The van der Waals surface area contributed by atoms with E-state index in [0.29, 0.717) is 12.8 Å². The molecule has 0 aliphatic heterocycles. The van der Waals surface area contributed by atoms with E-state index in [-0.39, 0.29) is 5.41 Å². The molecule has 1 rings (SSSR count). The van der Waals surface area contributed by atoms with Crippen LogP contribution in [-0.4, -0.2) is 18.7 Å². The van der Waals surface area contributed by atoms with Crippen LogP contribution in [0.3, 0.4) is 0 Å². The van der Waals surface area contributed by atoms with Gasteiger partial charge in [0, 0.05) is 6.54 Å². The van der Waals surface area contributed by atoms with Gasteiger partial charge in [0.25, 0.3) is 5.91 Å². The smallest absolute Gasteiger partial charge is 0.284 e. The fraction of sp³-hybridized carbons (Fsp3) is 0.467. The summed E-state index contributed by atoms with van der Waals surface area (Å²) in [4.78, 5) is 21.0. The van der Waals surface area contributed by atoms with E-state index in [1.165, 1.54) is 16.7 Å². The minimum Gasteiger partial charge on any atom is -0.349 e. The second-order valence-electron chi connectivity index (χ2n) is 5.55. The zero-order valence-corrected chi connectivity index (χ0v) is 11.5. The lowest BCUT2D eigenvalue weighted by Gasteiger charge is -2.20. The number of benzene rings is 1. The number of rotatable bonds is 4. The first-order valence-corrected chi connectivity index (χ1v) is 6.17. The monoisotopic (exact) mass is 247 g/mol. The molecule has 0 bridgehead atoms. The average molecular weight is 247 g/mol. The highest BCUT2D eigenvalue weighted by Crippen LogP contribution is 2.24. The quantitative estimate of drug-likeness (QED) is 0.654. The molecule has 0 heterocycles. The van der Waals surface area contributed by atoms with E-state index in [9.17, 15) is 9.59 Å². The fourth-order valence-corrected chi connectivity index (χ4v) is 1.80. The molecule has 0 fully saturated rings. The second kappa shape index (κ2) is 5.80. The summed E-state index contributed by atoms with van der Waals surface area (Å²) in [6.07, 6.45) is 1.05. The third kappa shape index (κ3) is 3.99. The van der Waals surface area contributed by atoms with Crippen molar-refractivity contribution < 1.29 is 9.59 Å². The number of nitrogens with one attached hydrogen (secondary N) is 1. The molecule has 1 N–H and O–H groups in total. The van der Waals surface area contributed by atoms with Crippen molar-refractivity contribution >= 4 is 12.2 Å². The third-order valence-electron chi connectivity index (χ3n) is 3.01. The van der Waals surface area contributed by atoms with Crippen LogP contribution in [0.4, 0.5) is 0 Å². The van der Waals surface area contributed by atoms with E-state index in [4.69, 9.17) is 0 Å². The Kier molecular flexibility index (Phi) is 4.65. The maximum Gasteiger partial charge on any atom is 0.284 e. The van der Waals surface area contributed by atoms with Gasteiger partial charge in [-0.25, -0.2) is 0 Å². The van der Waals surface area contributed by atoms with Crippen molar-refractivity contribution in [3.63, 3.8) is 0 Å². The lowest BCUT2D eigenvalue weighted by atomic mass is 9.85. The molecule has 18 heavy (non-hydrogen) atoms. The lowest BCUT2D eigenvalue weighted by molar-refractivity contribution is -0.131. The van der Waals surface area contributed by atoms with Crippen LogP contribution in [0, 0.1) is 6.92 Å². The Bertz CT molecular complexity index is 444. The van der Waals surface area contributed by atoms with E-state index in [2.05, 4.69) is 51.2 Å². The van der Waals surface area contributed by atoms with Crippen molar-refractivity contribution in [2.24, 2.45) is 0 Å². The number of aldehydes is 1. The SMILES string of the molecule is Cc1cc(C(C)(C)C)ccc1CCNC(=O)C=O. The molecule has 0 saturated carbocycles. The standard InChI is InChI=1S/C15H21NO2/c1-11-9-13(15(2,3)4)6-5-12(11)7-8-16-14(18)10-17/h5-6,9-10H,7-8H2,1-4H3,(H,16,18). The molecule has 0 aromatic heterocycles. The maximum atomic E-state index is 10.8. The van der Waals surface area contributed by atoms with Gasteiger partial charge in [0.05, 0.1) is 0 Å². The van der Waals surface area contributed by atoms with Gasteiger partial charge in [-0.3, -0.25) is 9.59 Å². The molecule has 1 aromatic rings. The minimum absolute atomic E-state index is 0.148. The normalized spacial score (nSPS) is 11.1.